The molecule has 28 heavy (non-hydrogen) atoms. The van der Waals surface area contributed by atoms with Crippen LogP contribution in [0.25, 0.3) is 11.6 Å². The minimum atomic E-state index is 0.0656. The number of anilines is 2. The predicted molar refractivity (Wildman–Crippen MR) is 110 cm³/mol. The Balaban J connectivity index is 1.77. The van der Waals surface area contributed by atoms with E-state index in [9.17, 15) is 5.26 Å². The highest BCUT2D eigenvalue weighted by atomic mass is 32.1. The molecule has 0 aliphatic rings. The normalized spacial score (nSPS) is 11.1. The first-order valence-electron chi connectivity index (χ1n) is 8.39. The van der Waals surface area contributed by atoms with Gasteiger partial charge in [-0.15, -0.1) is 11.3 Å². The highest BCUT2D eigenvalue weighted by Crippen LogP contribution is 2.20. The molecule has 0 aliphatic carbocycles. The van der Waals surface area contributed by atoms with Gasteiger partial charge in [0.25, 0.3) is 0 Å². The van der Waals surface area contributed by atoms with Gasteiger partial charge in [-0.05, 0) is 30.7 Å². The maximum Gasteiger partial charge on any atom is 0.230 e. The number of hydrogen-bond acceptors (Lipinski definition) is 9. The maximum atomic E-state index is 9.52. The second kappa shape index (κ2) is 8.45. The zero-order valence-electron chi connectivity index (χ0n) is 15.7. The second-order valence-electron chi connectivity index (χ2n) is 6.10. The van der Waals surface area contributed by atoms with Crippen molar-refractivity contribution in [2.75, 3.05) is 24.7 Å². The van der Waals surface area contributed by atoms with Crippen LogP contribution >= 0.6 is 11.3 Å². The Kier molecular flexibility index (Phi) is 5.81. The van der Waals surface area contributed by atoms with Crippen molar-refractivity contribution in [2.24, 2.45) is 0 Å². The van der Waals surface area contributed by atoms with Crippen molar-refractivity contribution in [1.82, 2.24) is 19.9 Å². The van der Waals surface area contributed by atoms with Crippen molar-refractivity contribution in [2.45, 2.75) is 13.5 Å². The van der Waals surface area contributed by atoms with Crippen LogP contribution in [0.1, 0.15) is 22.1 Å². The summed E-state index contributed by atoms with van der Waals surface area (Å²) in [4.78, 5) is 18.5. The van der Waals surface area contributed by atoms with Gasteiger partial charge < -0.3 is 15.4 Å². The molecular formula is C19H19N7OS. The summed E-state index contributed by atoms with van der Waals surface area (Å²) < 4.78 is 5.74. The molecule has 8 nitrogen and oxygen atoms in total. The molecule has 0 fully saturated rings. The van der Waals surface area contributed by atoms with Gasteiger partial charge in [-0.1, -0.05) is 12.1 Å². The molecule has 0 saturated heterocycles. The third kappa shape index (κ3) is 4.81. The van der Waals surface area contributed by atoms with Crippen LogP contribution in [0.15, 0.2) is 29.6 Å². The molecule has 0 spiro atoms. The zero-order valence-corrected chi connectivity index (χ0v) is 16.6. The van der Waals surface area contributed by atoms with Crippen molar-refractivity contribution in [3.63, 3.8) is 0 Å². The van der Waals surface area contributed by atoms with Crippen LogP contribution in [0.5, 0.6) is 5.75 Å². The quantitative estimate of drug-likeness (QED) is 0.636. The number of nitrogen functional groups attached to an aromatic ring is 1. The number of nitrogens with two attached hydrogens (primary N) is 1. The number of allylic oxidation sites excluding steroid dienone is 1. The van der Waals surface area contributed by atoms with E-state index >= 15 is 0 Å². The summed E-state index contributed by atoms with van der Waals surface area (Å²) in [6.45, 7) is 2.38. The van der Waals surface area contributed by atoms with Gasteiger partial charge in [0.05, 0.1) is 16.3 Å². The smallest absolute Gasteiger partial charge is 0.230 e. The topological polar surface area (TPSA) is 114 Å². The molecule has 0 unspecified atom stereocenters. The minimum absolute atomic E-state index is 0.0656. The van der Waals surface area contributed by atoms with Gasteiger partial charge in [0.1, 0.15) is 18.4 Å². The van der Waals surface area contributed by atoms with Crippen molar-refractivity contribution in [3.8, 4) is 11.8 Å². The summed E-state index contributed by atoms with van der Waals surface area (Å²) in [6.07, 6.45) is 1.70. The van der Waals surface area contributed by atoms with E-state index in [1.165, 1.54) is 0 Å². The standard InChI is InChI=1S/C19H19N7OS/c1-12-22-15(11-28-12)10-27-16-6-4-13(5-7-16)8-14(9-20)17-23-18(21)25-19(24-17)26(2)3/h4-8,11H,10H2,1-3H3,(H2,21,23,24,25)/b14-8+. The molecule has 0 aliphatic heterocycles. The molecule has 2 N–H and O–H groups in total. The first-order chi connectivity index (χ1) is 13.4. The van der Waals surface area contributed by atoms with E-state index in [1.54, 1.807) is 36.4 Å². The van der Waals surface area contributed by atoms with E-state index in [1.807, 2.05) is 36.6 Å². The van der Waals surface area contributed by atoms with Crippen molar-refractivity contribution >= 4 is 34.9 Å². The first kappa shape index (κ1) is 19.3. The molecule has 0 radical (unpaired) electrons. The van der Waals surface area contributed by atoms with Gasteiger partial charge >= 0.3 is 0 Å². The fraction of sp³-hybridized carbons (Fsp3) is 0.211. The molecule has 142 valence electrons. The highest BCUT2D eigenvalue weighted by molar-refractivity contribution is 7.09. The number of benzene rings is 1. The molecular weight excluding hydrogens is 374 g/mol. The van der Waals surface area contributed by atoms with Crippen LogP contribution in [-0.2, 0) is 6.61 Å². The molecule has 0 atom stereocenters. The SMILES string of the molecule is Cc1nc(COc2ccc(/C=C(\C#N)c3nc(N)nc(N(C)C)n3)cc2)cs1. The Morgan fingerprint density at radius 2 is 1.96 bits per heavy atom. The minimum Gasteiger partial charge on any atom is -0.487 e. The molecule has 3 rings (SSSR count). The van der Waals surface area contributed by atoms with Crippen LogP contribution in [0, 0.1) is 18.3 Å². The molecule has 0 bridgehead atoms. The molecule has 2 aromatic heterocycles. The number of hydrogen-bond donors (Lipinski definition) is 1. The predicted octanol–water partition coefficient (Wildman–Crippen LogP) is 2.93. The van der Waals surface area contributed by atoms with Gasteiger partial charge in [0.15, 0.2) is 5.82 Å². The molecule has 0 amide bonds. The Morgan fingerprint density at radius 1 is 1.21 bits per heavy atom. The van der Waals surface area contributed by atoms with E-state index in [2.05, 4.69) is 26.0 Å². The third-order valence-corrected chi connectivity index (χ3v) is 4.47. The molecule has 0 saturated carbocycles. The lowest BCUT2D eigenvalue weighted by atomic mass is 10.1. The molecule has 2 heterocycles. The highest BCUT2D eigenvalue weighted by Gasteiger charge is 2.11. The Hall–Kier alpha value is -3.51. The van der Waals surface area contributed by atoms with Crippen LogP contribution in [0.4, 0.5) is 11.9 Å². The van der Waals surface area contributed by atoms with Crippen LogP contribution in [0.2, 0.25) is 0 Å². The fourth-order valence-electron chi connectivity index (χ4n) is 2.31. The van der Waals surface area contributed by atoms with Gasteiger partial charge in [-0.3, -0.25) is 0 Å². The van der Waals surface area contributed by atoms with Crippen LogP contribution < -0.4 is 15.4 Å². The number of ether oxygens (including phenoxy) is 1. The fourth-order valence-corrected chi connectivity index (χ4v) is 2.90. The van der Waals surface area contributed by atoms with E-state index in [4.69, 9.17) is 10.5 Å². The first-order valence-corrected chi connectivity index (χ1v) is 9.27. The van der Waals surface area contributed by atoms with E-state index in [0.717, 1.165) is 22.0 Å². The van der Waals surface area contributed by atoms with E-state index in [0.29, 0.717) is 18.1 Å². The summed E-state index contributed by atoms with van der Waals surface area (Å²) in [7, 11) is 3.58. The largest absolute Gasteiger partial charge is 0.487 e. The Morgan fingerprint density at radius 3 is 2.57 bits per heavy atom. The van der Waals surface area contributed by atoms with Gasteiger partial charge in [0.2, 0.25) is 11.9 Å². The summed E-state index contributed by atoms with van der Waals surface area (Å²) in [5, 5.41) is 12.5. The second-order valence-corrected chi connectivity index (χ2v) is 7.16. The summed E-state index contributed by atoms with van der Waals surface area (Å²) >= 11 is 1.60. The molecule has 9 heteroatoms. The van der Waals surface area contributed by atoms with Gasteiger partial charge in [-0.2, -0.15) is 20.2 Å². The van der Waals surface area contributed by atoms with Crippen molar-refractivity contribution in [1.29, 1.82) is 5.26 Å². The Labute approximate surface area is 167 Å². The summed E-state index contributed by atoms with van der Waals surface area (Å²) in [5.41, 5.74) is 7.76. The molecule has 3 aromatic rings. The maximum absolute atomic E-state index is 9.52. The van der Waals surface area contributed by atoms with E-state index < -0.39 is 0 Å². The lowest BCUT2D eigenvalue weighted by molar-refractivity contribution is 0.302. The summed E-state index contributed by atoms with van der Waals surface area (Å²) in [5.74, 6) is 1.42. The Bertz CT molecular complexity index is 1040. The monoisotopic (exact) mass is 393 g/mol. The number of nitrogens with zero attached hydrogens (tertiary/aromatic N) is 6. The van der Waals surface area contributed by atoms with Crippen LogP contribution in [-0.4, -0.2) is 34.0 Å². The van der Waals surface area contributed by atoms with Crippen molar-refractivity contribution in [3.05, 3.63) is 51.7 Å². The van der Waals surface area contributed by atoms with Crippen LogP contribution in [0.3, 0.4) is 0 Å². The number of aryl methyl sites for hydroxylation is 1. The lowest BCUT2D eigenvalue weighted by Crippen LogP contribution is -2.15. The van der Waals surface area contributed by atoms with Crippen molar-refractivity contribution < 1.29 is 4.74 Å². The summed E-state index contributed by atoms with van der Waals surface area (Å²) in [6, 6.07) is 9.52. The van der Waals surface area contributed by atoms with Gasteiger partial charge in [0, 0.05) is 19.5 Å². The number of thiazole rings is 1. The number of rotatable bonds is 6. The number of nitriles is 1. The number of aromatic nitrogens is 4. The molecule has 1 aromatic carbocycles. The van der Waals surface area contributed by atoms with Gasteiger partial charge in [-0.25, -0.2) is 4.98 Å². The zero-order chi connectivity index (χ0) is 20.1. The average molecular weight is 393 g/mol. The lowest BCUT2D eigenvalue weighted by Gasteiger charge is -2.11. The average Bonchev–Trinajstić information content (AvgIpc) is 3.10. The van der Waals surface area contributed by atoms with E-state index in [-0.39, 0.29) is 11.8 Å². The third-order valence-electron chi connectivity index (χ3n) is 3.65.